The topological polar surface area (TPSA) is 70.6 Å². The van der Waals surface area contributed by atoms with E-state index < -0.39 is 0 Å². The first-order chi connectivity index (χ1) is 7.52. The number of hydrogen-bond donors (Lipinski definition) is 3. The number of hydrogen-bond acceptors (Lipinski definition) is 3. The molecule has 0 spiro atoms. The molecule has 1 aromatic rings. The lowest BCUT2D eigenvalue weighted by Crippen LogP contribution is -2.24. The largest absolute Gasteiger partial charge is 0.409 e. The predicted octanol–water partition coefficient (Wildman–Crippen LogP) is 2.69. The molecule has 0 aliphatic heterocycles. The number of rotatable bonds is 4. The van der Waals surface area contributed by atoms with Crippen LogP contribution < -0.4 is 11.1 Å². The maximum atomic E-state index is 8.48. The molecule has 1 rings (SSSR count). The fourth-order valence-corrected chi connectivity index (χ4v) is 1.78. The van der Waals surface area contributed by atoms with Gasteiger partial charge in [-0.15, -0.1) is 0 Å². The molecular formula is C11H16BrN3O. The number of halogens is 1. The van der Waals surface area contributed by atoms with Crippen LogP contribution in [0.1, 0.15) is 18.9 Å². The second-order valence-corrected chi connectivity index (χ2v) is 4.72. The third-order valence-corrected chi connectivity index (χ3v) is 2.74. The Morgan fingerprint density at radius 3 is 2.94 bits per heavy atom. The van der Waals surface area contributed by atoms with Crippen molar-refractivity contribution in [3.8, 4) is 0 Å². The zero-order valence-corrected chi connectivity index (χ0v) is 11.0. The van der Waals surface area contributed by atoms with Crippen LogP contribution in [-0.2, 0) is 0 Å². The highest BCUT2D eigenvalue weighted by molar-refractivity contribution is 9.10. The highest BCUT2D eigenvalue weighted by Crippen LogP contribution is 2.21. The number of benzene rings is 1. The van der Waals surface area contributed by atoms with Crippen LogP contribution in [0.4, 0.5) is 5.69 Å². The quantitative estimate of drug-likeness (QED) is 0.345. The van der Waals surface area contributed by atoms with Gasteiger partial charge in [0.15, 0.2) is 0 Å². The molecule has 0 heterocycles. The van der Waals surface area contributed by atoms with Crippen LogP contribution in [0, 0.1) is 6.92 Å². The average Bonchev–Trinajstić information content (AvgIpc) is 2.23. The molecule has 0 bridgehead atoms. The van der Waals surface area contributed by atoms with Crippen LogP contribution in [0.5, 0.6) is 0 Å². The van der Waals surface area contributed by atoms with Gasteiger partial charge in [-0.05, 0) is 31.5 Å². The van der Waals surface area contributed by atoms with E-state index in [0.717, 1.165) is 15.7 Å². The molecule has 1 atom stereocenters. The Morgan fingerprint density at radius 1 is 1.62 bits per heavy atom. The van der Waals surface area contributed by atoms with Crippen molar-refractivity contribution in [3.63, 3.8) is 0 Å². The van der Waals surface area contributed by atoms with Gasteiger partial charge in [0, 0.05) is 22.6 Å². The van der Waals surface area contributed by atoms with Crippen LogP contribution >= 0.6 is 15.9 Å². The summed E-state index contributed by atoms with van der Waals surface area (Å²) in [6, 6.07) is 6.15. The summed E-state index contributed by atoms with van der Waals surface area (Å²) in [6.07, 6.45) is 0.502. The van der Waals surface area contributed by atoms with Gasteiger partial charge in [-0.2, -0.15) is 0 Å². The fourth-order valence-electron chi connectivity index (χ4n) is 1.42. The van der Waals surface area contributed by atoms with Crippen molar-refractivity contribution in [2.45, 2.75) is 26.3 Å². The van der Waals surface area contributed by atoms with Crippen LogP contribution in [0.25, 0.3) is 0 Å². The lowest BCUT2D eigenvalue weighted by molar-refractivity contribution is 0.316. The van der Waals surface area contributed by atoms with Crippen molar-refractivity contribution in [2.24, 2.45) is 10.9 Å². The van der Waals surface area contributed by atoms with E-state index in [9.17, 15) is 0 Å². The first-order valence-corrected chi connectivity index (χ1v) is 5.81. The van der Waals surface area contributed by atoms with E-state index in [-0.39, 0.29) is 11.9 Å². The van der Waals surface area contributed by atoms with Gasteiger partial charge in [0.1, 0.15) is 5.84 Å². The number of nitrogens with one attached hydrogen (secondary N) is 1. The van der Waals surface area contributed by atoms with Crippen LogP contribution in [0.2, 0.25) is 0 Å². The van der Waals surface area contributed by atoms with Crippen LogP contribution in [0.3, 0.4) is 0 Å². The highest BCUT2D eigenvalue weighted by Gasteiger charge is 2.07. The third-order valence-electron chi connectivity index (χ3n) is 2.25. The van der Waals surface area contributed by atoms with Crippen molar-refractivity contribution >= 4 is 27.5 Å². The summed E-state index contributed by atoms with van der Waals surface area (Å²) in [6.45, 7) is 4.02. The zero-order chi connectivity index (χ0) is 12.1. The first-order valence-electron chi connectivity index (χ1n) is 5.02. The summed E-state index contributed by atoms with van der Waals surface area (Å²) in [5.74, 6) is 0.229. The molecule has 0 radical (unpaired) electrons. The summed E-state index contributed by atoms with van der Waals surface area (Å²) in [4.78, 5) is 0. The smallest absolute Gasteiger partial charge is 0.141 e. The minimum atomic E-state index is 0.115. The van der Waals surface area contributed by atoms with Gasteiger partial charge in [0.05, 0.1) is 0 Å². The van der Waals surface area contributed by atoms with Gasteiger partial charge in [-0.1, -0.05) is 27.2 Å². The lowest BCUT2D eigenvalue weighted by Gasteiger charge is -2.16. The molecule has 0 aliphatic rings. The number of anilines is 1. The second kappa shape index (κ2) is 5.75. The Morgan fingerprint density at radius 2 is 2.31 bits per heavy atom. The summed E-state index contributed by atoms with van der Waals surface area (Å²) in [5.41, 5.74) is 7.66. The van der Waals surface area contributed by atoms with E-state index in [2.05, 4.69) is 26.4 Å². The molecule has 1 aromatic carbocycles. The Kier molecular flexibility index (Phi) is 4.61. The summed E-state index contributed by atoms with van der Waals surface area (Å²) in [7, 11) is 0. The monoisotopic (exact) mass is 285 g/mol. The van der Waals surface area contributed by atoms with Gasteiger partial charge < -0.3 is 16.3 Å². The van der Waals surface area contributed by atoms with Gasteiger partial charge in [0.2, 0.25) is 0 Å². The lowest BCUT2D eigenvalue weighted by atomic mass is 10.1. The molecule has 0 saturated heterocycles. The van der Waals surface area contributed by atoms with Crippen LogP contribution in [0.15, 0.2) is 27.8 Å². The maximum absolute atomic E-state index is 8.48. The first kappa shape index (κ1) is 12.8. The zero-order valence-electron chi connectivity index (χ0n) is 9.37. The van der Waals surface area contributed by atoms with E-state index in [1.54, 1.807) is 0 Å². The van der Waals surface area contributed by atoms with E-state index in [1.807, 2.05) is 32.0 Å². The van der Waals surface area contributed by atoms with E-state index in [4.69, 9.17) is 10.9 Å². The Labute approximate surface area is 104 Å². The standard InChI is InChI=1S/C11H16BrN3O/c1-7-3-4-9(12)6-10(7)14-8(2)5-11(13)15-16/h3-4,6,8,14,16H,5H2,1-2H3,(H2,13,15). The Hall–Kier alpha value is -1.23. The predicted molar refractivity (Wildman–Crippen MR) is 70.0 cm³/mol. The number of nitrogens with two attached hydrogens (primary N) is 1. The van der Waals surface area contributed by atoms with E-state index in [0.29, 0.717) is 6.42 Å². The molecule has 4 N–H and O–H groups in total. The molecule has 1 unspecified atom stereocenters. The molecule has 16 heavy (non-hydrogen) atoms. The number of aryl methyl sites for hydroxylation is 1. The van der Waals surface area contributed by atoms with Crippen molar-refractivity contribution in [1.29, 1.82) is 0 Å². The van der Waals surface area contributed by atoms with Crippen molar-refractivity contribution < 1.29 is 5.21 Å². The van der Waals surface area contributed by atoms with Gasteiger partial charge in [-0.3, -0.25) is 0 Å². The summed E-state index contributed by atoms with van der Waals surface area (Å²) >= 11 is 3.42. The van der Waals surface area contributed by atoms with Gasteiger partial charge >= 0.3 is 0 Å². The SMILES string of the molecule is Cc1ccc(Br)cc1NC(C)CC(N)=NO. The summed E-state index contributed by atoms with van der Waals surface area (Å²) < 4.78 is 1.02. The number of amidine groups is 1. The minimum Gasteiger partial charge on any atom is -0.409 e. The summed E-state index contributed by atoms with van der Waals surface area (Å²) in [5, 5.41) is 14.7. The molecule has 0 fully saturated rings. The van der Waals surface area contributed by atoms with Crippen molar-refractivity contribution in [1.82, 2.24) is 0 Å². The molecule has 5 heteroatoms. The second-order valence-electron chi connectivity index (χ2n) is 3.80. The number of oxime groups is 1. The van der Waals surface area contributed by atoms with Gasteiger partial charge in [0.25, 0.3) is 0 Å². The van der Waals surface area contributed by atoms with E-state index in [1.165, 1.54) is 0 Å². The van der Waals surface area contributed by atoms with Gasteiger partial charge in [-0.25, -0.2) is 0 Å². The normalized spacial score (nSPS) is 13.6. The van der Waals surface area contributed by atoms with Crippen molar-refractivity contribution in [2.75, 3.05) is 5.32 Å². The molecule has 0 amide bonds. The molecule has 88 valence electrons. The molecule has 0 saturated carbocycles. The third kappa shape index (κ3) is 3.73. The molecule has 0 aromatic heterocycles. The molecular weight excluding hydrogens is 270 g/mol. The highest BCUT2D eigenvalue weighted by atomic mass is 79.9. The minimum absolute atomic E-state index is 0.115. The Balaban J connectivity index is 2.69. The van der Waals surface area contributed by atoms with E-state index >= 15 is 0 Å². The fraction of sp³-hybridized carbons (Fsp3) is 0.364. The maximum Gasteiger partial charge on any atom is 0.141 e. The number of nitrogens with zero attached hydrogens (tertiary/aromatic N) is 1. The average molecular weight is 286 g/mol. The van der Waals surface area contributed by atoms with Crippen LogP contribution in [-0.4, -0.2) is 17.1 Å². The van der Waals surface area contributed by atoms with Crippen molar-refractivity contribution in [3.05, 3.63) is 28.2 Å². The molecule has 4 nitrogen and oxygen atoms in total. The molecule has 0 aliphatic carbocycles. The Bertz CT molecular complexity index is 393.